The van der Waals surface area contributed by atoms with Gasteiger partial charge in [-0.15, -0.1) is 5.10 Å². The van der Waals surface area contributed by atoms with Crippen molar-refractivity contribution >= 4 is 28.7 Å². The van der Waals surface area contributed by atoms with Crippen molar-refractivity contribution in [2.45, 2.75) is 5.37 Å². The first kappa shape index (κ1) is 9.92. The van der Waals surface area contributed by atoms with Crippen LogP contribution < -0.4 is 5.73 Å². The van der Waals surface area contributed by atoms with Gasteiger partial charge in [0.05, 0.1) is 0 Å². The molecule has 0 saturated carbocycles. The second-order valence-corrected chi connectivity index (χ2v) is 5.42. The van der Waals surface area contributed by atoms with Crippen molar-refractivity contribution in [2.75, 3.05) is 0 Å². The molecule has 3 rings (SSSR count). The Hall–Kier alpha value is -1.27. The molecule has 0 radical (unpaired) electrons. The molecule has 0 spiro atoms. The van der Waals surface area contributed by atoms with Crippen LogP contribution in [0.3, 0.4) is 0 Å². The van der Waals surface area contributed by atoms with E-state index in [1.807, 2.05) is 17.1 Å². The summed E-state index contributed by atoms with van der Waals surface area (Å²) in [6.45, 7) is 0. The van der Waals surface area contributed by atoms with Gasteiger partial charge in [-0.1, -0.05) is 23.9 Å². The minimum absolute atomic E-state index is 0.129. The number of hydrazone groups is 1. The fourth-order valence-corrected chi connectivity index (χ4v) is 3.57. The third kappa shape index (κ3) is 1.54. The highest BCUT2D eigenvalue weighted by molar-refractivity contribution is 8.18. The Morgan fingerprint density at radius 3 is 2.81 bits per heavy atom. The molecule has 2 aliphatic heterocycles. The van der Waals surface area contributed by atoms with Gasteiger partial charge in [-0.25, -0.2) is 5.01 Å². The fourth-order valence-electron chi connectivity index (χ4n) is 1.61. The number of thioether (sulfide) groups is 2. The van der Waals surface area contributed by atoms with Gasteiger partial charge in [0.2, 0.25) is 0 Å². The Bertz CT molecular complexity index is 483. The molecule has 0 fully saturated rings. The van der Waals surface area contributed by atoms with Crippen LogP contribution in [0, 0.1) is 0 Å². The minimum atomic E-state index is 0.129. The smallest absolute Gasteiger partial charge is 0.184 e. The molecule has 1 aromatic carbocycles. The molecule has 0 amide bonds. The van der Waals surface area contributed by atoms with E-state index in [0.29, 0.717) is 5.17 Å². The Balaban J connectivity index is 1.90. The van der Waals surface area contributed by atoms with E-state index in [0.717, 1.165) is 10.6 Å². The fraction of sp³-hybridized carbons (Fsp3) is 0.100. The van der Waals surface area contributed by atoms with E-state index >= 15 is 0 Å². The number of rotatable bonds is 1. The maximum absolute atomic E-state index is 9.24. The number of hydrogen-bond donors (Lipinski definition) is 2. The summed E-state index contributed by atoms with van der Waals surface area (Å²) >= 11 is 3.18. The molecule has 82 valence electrons. The van der Waals surface area contributed by atoms with E-state index in [1.165, 1.54) is 11.8 Å². The molecule has 1 aromatic rings. The van der Waals surface area contributed by atoms with Gasteiger partial charge in [-0.3, -0.25) is 0 Å². The predicted molar refractivity (Wildman–Crippen MR) is 67.6 cm³/mol. The van der Waals surface area contributed by atoms with Crippen molar-refractivity contribution in [2.24, 2.45) is 10.8 Å². The molecule has 3 N–H and O–H groups in total. The molecule has 2 heterocycles. The summed E-state index contributed by atoms with van der Waals surface area (Å²) in [6, 6.07) is 7.17. The van der Waals surface area contributed by atoms with E-state index in [1.54, 1.807) is 23.9 Å². The van der Waals surface area contributed by atoms with Crippen LogP contribution in [0.15, 0.2) is 39.8 Å². The average molecular weight is 251 g/mol. The third-order valence-corrected chi connectivity index (χ3v) is 4.38. The molecule has 0 saturated heterocycles. The lowest BCUT2D eigenvalue weighted by Crippen LogP contribution is -2.12. The summed E-state index contributed by atoms with van der Waals surface area (Å²) in [7, 11) is 0. The maximum Gasteiger partial charge on any atom is 0.184 e. The summed E-state index contributed by atoms with van der Waals surface area (Å²) in [4.78, 5) is 0. The van der Waals surface area contributed by atoms with E-state index in [-0.39, 0.29) is 11.1 Å². The summed E-state index contributed by atoms with van der Waals surface area (Å²) in [6.07, 6.45) is 0. The van der Waals surface area contributed by atoms with Gasteiger partial charge < -0.3 is 10.8 Å². The summed E-state index contributed by atoms with van der Waals surface area (Å²) in [5.74, 6) is 0.277. The van der Waals surface area contributed by atoms with Crippen LogP contribution in [-0.2, 0) is 0 Å². The zero-order chi connectivity index (χ0) is 11.1. The molecule has 16 heavy (non-hydrogen) atoms. The average Bonchev–Trinajstić information content (AvgIpc) is 2.78. The molecular formula is C10H9N3OS2. The first-order valence-corrected chi connectivity index (χ1v) is 6.46. The van der Waals surface area contributed by atoms with Crippen LogP contribution in [0.25, 0.3) is 0 Å². The predicted octanol–water partition coefficient (Wildman–Crippen LogP) is 2.21. The highest BCUT2D eigenvalue weighted by Gasteiger charge is 2.33. The summed E-state index contributed by atoms with van der Waals surface area (Å²) in [5, 5.41) is 19.3. The van der Waals surface area contributed by atoms with Crippen molar-refractivity contribution in [1.82, 2.24) is 5.01 Å². The number of aromatic hydroxyl groups is 1. The van der Waals surface area contributed by atoms with Crippen LogP contribution in [0.1, 0.15) is 10.9 Å². The van der Waals surface area contributed by atoms with E-state index in [4.69, 9.17) is 5.73 Å². The second-order valence-electron chi connectivity index (χ2n) is 3.42. The Labute approximate surface area is 101 Å². The Kier molecular flexibility index (Phi) is 2.26. The van der Waals surface area contributed by atoms with Gasteiger partial charge in [-0.05, 0) is 29.5 Å². The number of benzene rings is 1. The molecule has 4 nitrogen and oxygen atoms in total. The highest BCUT2D eigenvalue weighted by Crippen LogP contribution is 2.49. The number of fused-ring (bicyclic) bond motifs is 1. The Morgan fingerprint density at radius 1 is 1.31 bits per heavy atom. The Morgan fingerprint density at radius 2 is 2.06 bits per heavy atom. The van der Waals surface area contributed by atoms with Gasteiger partial charge >= 0.3 is 0 Å². The van der Waals surface area contributed by atoms with Crippen LogP contribution in [-0.4, -0.2) is 15.3 Å². The number of amidine groups is 1. The van der Waals surface area contributed by atoms with Crippen molar-refractivity contribution < 1.29 is 5.11 Å². The molecule has 0 aromatic heterocycles. The zero-order valence-electron chi connectivity index (χ0n) is 8.20. The monoisotopic (exact) mass is 251 g/mol. The molecule has 0 aliphatic carbocycles. The SMILES string of the molecule is NC1=NN2C(=CS[C@H]2c2ccc(O)cc2)S1. The lowest BCUT2D eigenvalue weighted by molar-refractivity contribution is 0.386. The number of nitrogens with two attached hydrogens (primary N) is 1. The molecule has 1 atom stereocenters. The number of phenolic OH excluding ortho intramolecular Hbond substituents is 1. The van der Waals surface area contributed by atoms with Crippen molar-refractivity contribution in [1.29, 1.82) is 0 Å². The molecule has 0 unspecified atom stereocenters. The van der Waals surface area contributed by atoms with Gasteiger partial charge in [0, 0.05) is 5.41 Å². The highest BCUT2D eigenvalue weighted by atomic mass is 32.2. The second kappa shape index (κ2) is 3.64. The van der Waals surface area contributed by atoms with Gasteiger partial charge in [-0.2, -0.15) is 0 Å². The third-order valence-electron chi connectivity index (χ3n) is 2.34. The number of phenols is 1. The normalized spacial score (nSPS) is 23.0. The molecule has 2 aliphatic rings. The van der Waals surface area contributed by atoms with Crippen LogP contribution in [0.4, 0.5) is 0 Å². The van der Waals surface area contributed by atoms with Crippen LogP contribution in [0.2, 0.25) is 0 Å². The van der Waals surface area contributed by atoms with Crippen LogP contribution in [0.5, 0.6) is 5.75 Å². The van der Waals surface area contributed by atoms with Gasteiger partial charge in [0.25, 0.3) is 0 Å². The number of nitrogens with zero attached hydrogens (tertiary/aromatic N) is 2. The largest absolute Gasteiger partial charge is 0.508 e. The lowest BCUT2D eigenvalue weighted by atomic mass is 10.2. The van der Waals surface area contributed by atoms with E-state index in [9.17, 15) is 5.11 Å². The van der Waals surface area contributed by atoms with E-state index in [2.05, 4.69) is 10.5 Å². The topological polar surface area (TPSA) is 61.8 Å². The maximum atomic E-state index is 9.24. The first-order valence-electron chi connectivity index (χ1n) is 4.70. The van der Waals surface area contributed by atoms with Gasteiger partial charge in [0.1, 0.15) is 16.2 Å². The lowest BCUT2D eigenvalue weighted by Gasteiger charge is -2.19. The number of hydrogen-bond acceptors (Lipinski definition) is 6. The molecule has 6 heteroatoms. The summed E-state index contributed by atoms with van der Waals surface area (Å²) < 4.78 is 0. The molecule has 0 bridgehead atoms. The minimum Gasteiger partial charge on any atom is -0.508 e. The van der Waals surface area contributed by atoms with Gasteiger partial charge in [0.15, 0.2) is 5.17 Å². The van der Waals surface area contributed by atoms with Crippen molar-refractivity contribution in [3.63, 3.8) is 0 Å². The standard InChI is InChI=1S/C10H9N3OS2/c11-10-12-13-8(16-10)5-15-9(13)6-1-3-7(14)4-2-6/h1-5,9,14H,(H2,11,12)/t9-/m0/s1. The quantitative estimate of drug-likeness (QED) is 0.801. The van der Waals surface area contributed by atoms with Crippen molar-refractivity contribution in [3.05, 3.63) is 40.3 Å². The first-order chi connectivity index (χ1) is 7.74. The zero-order valence-corrected chi connectivity index (χ0v) is 9.83. The summed E-state index contributed by atoms with van der Waals surface area (Å²) in [5.41, 5.74) is 6.78. The molecular weight excluding hydrogens is 242 g/mol. The van der Waals surface area contributed by atoms with Crippen LogP contribution >= 0.6 is 23.5 Å². The van der Waals surface area contributed by atoms with E-state index < -0.39 is 0 Å². The van der Waals surface area contributed by atoms with Crippen molar-refractivity contribution in [3.8, 4) is 5.75 Å².